The van der Waals surface area contributed by atoms with Crippen LogP contribution in [-0.2, 0) is 9.53 Å². The van der Waals surface area contributed by atoms with Gasteiger partial charge in [-0.2, -0.15) is 5.26 Å². The van der Waals surface area contributed by atoms with Crippen molar-refractivity contribution in [1.29, 1.82) is 5.26 Å². The highest BCUT2D eigenvalue weighted by molar-refractivity contribution is 5.94. The lowest BCUT2D eigenvalue weighted by Gasteiger charge is -2.04. The van der Waals surface area contributed by atoms with Crippen LogP contribution in [0.3, 0.4) is 0 Å². The molecule has 0 saturated heterocycles. The monoisotopic (exact) mass is 233 g/mol. The first-order chi connectivity index (χ1) is 8.17. The van der Waals surface area contributed by atoms with Crippen LogP contribution in [0.25, 0.3) is 0 Å². The standard InChI is InChI=1S/C11H11N3O3/c1-2-17-11(16)8-4-6-13-9(7-8)14-10(15)3-5-12/h4,6-7H,2-3H2,1H3,(H,13,14,15). The number of carbonyl (C=O) groups is 2. The highest BCUT2D eigenvalue weighted by atomic mass is 16.5. The van der Waals surface area contributed by atoms with Gasteiger partial charge in [0.05, 0.1) is 18.2 Å². The molecule has 0 bridgehead atoms. The van der Waals surface area contributed by atoms with Crippen LogP contribution in [0.5, 0.6) is 0 Å². The fourth-order valence-corrected chi connectivity index (χ4v) is 1.10. The number of hydrogen-bond donors (Lipinski definition) is 1. The van der Waals surface area contributed by atoms with E-state index in [2.05, 4.69) is 10.3 Å². The minimum atomic E-state index is -0.481. The van der Waals surface area contributed by atoms with Gasteiger partial charge in [-0.3, -0.25) is 4.79 Å². The number of pyridine rings is 1. The molecule has 1 aromatic heterocycles. The summed E-state index contributed by atoms with van der Waals surface area (Å²) >= 11 is 0. The first kappa shape index (κ1) is 12.6. The van der Waals surface area contributed by atoms with Crippen molar-refractivity contribution >= 4 is 17.7 Å². The SMILES string of the molecule is CCOC(=O)c1ccnc(NC(=O)CC#N)c1. The lowest BCUT2D eigenvalue weighted by Crippen LogP contribution is -2.12. The summed E-state index contributed by atoms with van der Waals surface area (Å²) in [6.45, 7) is 1.98. The zero-order chi connectivity index (χ0) is 12.7. The maximum absolute atomic E-state index is 11.4. The predicted octanol–water partition coefficient (Wildman–Crippen LogP) is 1.11. The molecule has 0 aromatic carbocycles. The summed E-state index contributed by atoms with van der Waals surface area (Å²) in [5, 5.41) is 10.7. The van der Waals surface area contributed by atoms with E-state index in [9.17, 15) is 9.59 Å². The van der Waals surface area contributed by atoms with E-state index in [-0.39, 0.29) is 18.8 Å². The molecule has 0 saturated carbocycles. The van der Waals surface area contributed by atoms with E-state index in [4.69, 9.17) is 10.00 Å². The molecule has 0 aliphatic rings. The largest absolute Gasteiger partial charge is 0.462 e. The van der Waals surface area contributed by atoms with Crippen LogP contribution in [0.15, 0.2) is 18.3 Å². The zero-order valence-corrected chi connectivity index (χ0v) is 9.27. The molecule has 0 fully saturated rings. The van der Waals surface area contributed by atoms with E-state index in [1.165, 1.54) is 18.3 Å². The number of amides is 1. The Balaban J connectivity index is 2.76. The summed E-state index contributed by atoms with van der Waals surface area (Å²) in [5.74, 6) is -0.734. The molecule has 88 valence electrons. The summed E-state index contributed by atoms with van der Waals surface area (Å²) in [6, 6.07) is 4.59. The molecule has 0 atom stereocenters. The van der Waals surface area contributed by atoms with Crippen molar-refractivity contribution < 1.29 is 14.3 Å². The Morgan fingerprint density at radius 1 is 1.59 bits per heavy atom. The van der Waals surface area contributed by atoms with Gasteiger partial charge in [-0.25, -0.2) is 9.78 Å². The molecule has 1 rings (SSSR count). The second-order valence-electron chi connectivity index (χ2n) is 3.03. The number of carbonyl (C=O) groups excluding carboxylic acids is 2. The average molecular weight is 233 g/mol. The molecule has 0 aliphatic carbocycles. The second kappa shape index (κ2) is 6.23. The summed E-state index contributed by atoms with van der Waals surface area (Å²) in [4.78, 5) is 26.4. The van der Waals surface area contributed by atoms with E-state index < -0.39 is 11.9 Å². The third-order valence-corrected chi connectivity index (χ3v) is 1.78. The first-order valence-corrected chi connectivity index (χ1v) is 4.97. The molecule has 0 spiro atoms. The van der Waals surface area contributed by atoms with Crippen molar-refractivity contribution in [3.05, 3.63) is 23.9 Å². The highest BCUT2D eigenvalue weighted by Crippen LogP contribution is 2.08. The Labute approximate surface area is 98.2 Å². The Morgan fingerprint density at radius 2 is 2.35 bits per heavy atom. The number of nitrogens with zero attached hydrogens (tertiary/aromatic N) is 2. The predicted molar refractivity (Wildman–Crippen MR) is 59.1 cm³/mol. The van der Waals surface area contributed by atoms with Gasteiger partial charge < -0.3 is 10.1 Å². The van der Waals surface area contributed by atoms with Gasteiger partial charge in [-0.1, -0.05) is 0 Å². The molecule has 0 aliphatic heterocycles. The molecule has 1 heterocycles. The maximum Gasteiger partial charge on any atom is 0.338 e. The van der Waals surface area contributed by atoms with Crippen molar-refractivity contribution in [2.24, 2.45) is 0 Å². The van der Waals surface area contributed by atoms with Gasteiger partial charge in [0.2, 0.25) is 5.91 Å². The van der Waals surface area contributed by atoms with Crippen molar-refractivity contribution in [3.8, 4) is 6.07 Å². The molecule has 0 radical (unpaired) electrons. The molecule has 1 amide bonds. The molecule has 1 aromatic rings. The van der Waals surface area contributed by atoms with Crippen molar-refractivity contribution in [1.82, 2.24) is 4.98 Å². The summed E-state index contributed by atoms with van der Waals surface area (Å²) in [5.41, 5.74) is 0.300. The van der Waals surface area contributed by atoms with Gasteiger partial charge in [-0.05, 0) is 19.1 Å². The van der Waals surface area contributed by atoms with Gasteiger partial charge in [0.1, 0.15) is 12.2 Å². The molecule has 17 heavy (non-hydrogen) atoms. The quantitative estimate of drug-likeness (QED) is 0.786. The summed E-state index contributed by atoms with van der Waals surface area (Å²) < 4.78 is 4.80. The van der Waals surface area contributed by atoms with Crippen molar-refractivity contribution in [2.75, 3.05) is 11.9 Å². The maximum atomic E-state index is 11.4. The van der Waals surface area contributed by atoms with E-state index in [0.717, 1.165) is 0 Å². The Bertz CT molecular complexity index is 465. The number of anilines is 1. The number of nitrogens with one attached hydrogen (secondary N) is 1. The van der Waals surface area contributed by atoms with E-state index in [0.29, 0.717) is 5.56 Å². The minimum absolute atomic E-state index is 0.218. The van der Waals surface area contributed by atoms with Crippen LogP contribution in [-0.4, -0.2) is 23.5 Å². The van der Waals surface area contributed by atoms with Gasteiger partial charge in [0.15, 0.2) is 0 Å². The van der Waals surface area contributed by atoms with Crippen LogP contribution in [0.1, 0.15) is 23.7 Å². The first-order valence-electron chi connectivity index (χ1n) is 4.97. The van der Waals surface area contributed by atoms with E-state index >= 15 is 0 Å². The zero-order valence-electron chi connectivity index (χ0n) is 9.27. The lowest BCUT2D eigenvalue weighted by molar-refractivity contribution is -0.115. The lowest BCUT2D eigenvalue weighted by atomic mass is 10.2. The molecular weight excluding hydrogens is 222 g/mol. The van der Waals surface area contributed by atoms with Crippen LogP contribution in [0, 0.1) is 11.3 Å². The van der Waals surface area contributed by atoms with Crippen LogP contribution in [0.4, 0.5) is 5.82 Å². The van der Waals surface area contributed by atoms with Gasteiger partial charge in [0.25, 0.3) is 0 Å². The normalized spacial score (nSPS) is 9.18. The van der Waals surface area contributed by atoms with E-state index in [1.54, 1.807) is 13.0 Å². The molecule has 6 nitrogen and oxygen atoms in total. The number of rotatable bonds is 4. The van der Waals surface area contributed by atoms with Gasteiger partial charge in [0, 0.05) is 6.20 Å². The minimum Gasteiger partial charge on any atom is -0.462 e. The van der Waals surface area contributed by atoms with Crippen LogP contribution < -0.4 is 5.32 Å². The van der Waals surface area contributed by atoms with Gasteiger partial charge in [-0.15, -0.1) is 0 Å². The Kier molecular flexibility index (Phi) is 4.63. The van der Waals surface area contributed by atoms with Crippen molar-refractivity contribution in [2.45, 2.75) is 13.3 Å². The molecule has 0 unspecified atom stereocenters. The fourth-order valence-electron chi connectivity index (χ4n) is 1.10. The molecule has 6 heteroatoms. The Hall–Kier alpha value is -2.42. The summed E-state index contributed by atoms with van der Waals surface area (Å²) in [6.07, 6.45) is 1.12. The number of hydrogen-bond acceptors (Lipinski definition) is 5. The Morgan fingerprint density at radius 3 is 3.00 bits per heavy atom. The smallest absolute Gasteiger partial charge is 0.338 e. The van der Waals surface area contributed by atoms with Crippen LogP contribution >= 0.6 is 0 Å². The molecular formula is C11H11N3O3. The third kappa shape index (κ3) is 3.91. The van der Waals surface area contributed by atoms with E-state index in [1.807, 2.05) is 0 Å². The third-order valence-electron chi connectivity index (χ3n) is 1.78. The highest BCUT2D eigenvalue weighted by Gasteiger charge is 2.09. The average Bonchev–Trinajstić information content (AvgIpc) is 2.30. The summed E-state index contributed by atoms with van der Waals surface area (Å²) in [7, 11) is 0. The number of ether oxygens (including phenoxy) is 1. The fraction of sp³-hybridized carbons (Fsp3) is 0.273. The second-order valence-corrected chi connectivity index (χ2v) is 3.03. The number of nitriles is 1. The molecule has 1 N–H and O–H groups in total. The number of esters is 1. The van der Waals surface area contributed by atoms with Crippen LogP contribution in [0.2, 0.25) is 0 Å². The van der Waals surface area contributed by atoms with Crippen molar-refractivity contribution in [3.63, 3.8) is 0 Å². The van der Waals surface area contributed by atoms with Gasteiger partial charge >= 0.3 is 5.97 Å². The topological polar surface area (TPSA) is 92.1 Å². The number of aromatic nitrogens is 1.